The molecule has 0 N–H and O–H groups in total. The van der Waals surface area contributed by atoms with Gasteiger partial charge >= 0.3 is 0 Å². The van der Waals surface area contributed by atoms with Gasteiger partial charge in [-0.05, 0) is 66.2 Å². The van der Waals surface area contributed by atoms with Crippen molar-refractivity contribution < 1.29 is 8.98 Å². The predicted molar refractivity (Wildman–Crippen MR) is 140 cm³/mol. The third-order valence-corrected chi connectivity index (χ3v) is 7.10. The van der Waals surface area contributed by atoms with Gasteiger partial charge in [-0.2, -0.15) is 4.57 Å². The first-order valence-corrected chi connectivity index (χ1v) is 12.2. The molecule has 0 aliphatic heterocycles. The summed E-state index contributed by atoms with van der Waals surface area (Å²) >= 11 is 0. The van der Waals surface area contributed by atoms with Crippen molar-refractivity contribution in [2.45, 2.75) is 61.3 Å². The third-order valence-electron chi connectivity index (χ3n) is 7.10. The maximum absolute atomic E-state index is 6.92. The zero-order chi connectivity index (χ0) is 23.8. The third kappa shape index (κ3) is 3.44. The first-order valence-electron chi connectivity index (χ1n) is 12.2. The average Bonchev–Trinajstić information content (AvgIpc) is 3.08. The van der Waals surface area contributed by atoms with E-state index >= 15 is 0 Å². The molecular formula is C30H37N2O+. The SMILES string of the molecule is Cc1cc2cc(CC(C)C)cc3oc4c(CC(C)(C)C)c5c(cc[n+]5C)n(C)c4c(c1C)c23. The number of fused-ring (bicyclic) bond motifs is 3. The van der Waals surface area contributed by atoms with Crippen molar-refractivity contribution >= 4 is 43.9 Å². The van der Waals surface area contributed by atoms with E-state index < -0.39 is 0 Å². The Bertz CT molecular complexity index is 1550. The minimum absolute atomic E-state index is 0.144. The van der Waals surface area contributed by atoms with E-state index in [9.17, 15) is 0 Å². The van der Waals surface area contributed by atoms with Gasteiger partial charge in [-0.1, -0.05) is 46.8 Å². The second-order valence-electron chi connectivity index (χ2n) is 11.7. The van der Waals surface area contributed by atoms with E-state index in [4.69, 9.17) is 4.42 Å². The standard InChI is InChI=1S/C30H37N2O/c1-17(2)12-20-14-21-13-18(3)19(4)25-26(21)24(15-20)33-29-22(16-30(5,6)7)27-23(10-11-31(27)8)32(9)28(25)29/h10-11,13-15,17H,12,16H2,1-9H3/q+1. The van der Waals surface area contributed by atoms with E-state index in [-0.39, 0.29) is 5.41 Å². The summed E-state index contributed by atoms with van der Waals surface area (Å²) in [4.78, 5) is 0. The maximum Gasteiger partial charge on any atom is 0.236 e. The van der Waals surface area contributed by atoms with Crippen LogP contribution < -0.4 is 4.57 Å². The number of aryl methyl sites for hydroxylation is 4. The largest absolute Gasteiger partial charge is 0.454 e. The summed E-state index contributed by atoms with van der Waals surface area (Å²) in [5.74, 6) is 0.605. The molecule has 3 heteroatoms. The molecule has 3 aromatic heterocycles. The van der Waals surface area contributed by atoms with Gasteiger partial charge in [-0.3, -0.25) is 0 Å². The van der Waals surface area contributed by atoms with Crippen LogP contribution in [0.3, 0.4) is 0 Å². The number of benzene rings is 2. The molecule has 3 heterocycles. The fraction of sp³-hybridized carbons (Fsp3) is 0.433. The molecule has 0 saturated heterocycles. The van der Waals surface area contributed by atoms with Crippen LogP contribution in [0.4, 0.5) is 0 Å². The minimum atomic E-state index is 0.144. The van der Waals surface area contributed by atoms with Crippen LogP contribution in [0.15, 0.2) is 34.9 Å². The summed E-state index contributed by atoms with van der Waals surface area (Å²) in [6.45, 7) is 16.0. The van der Waals surface area contributed by atoms with Gasteiger partial charge in [0, 0.05) is 23.9 Å². The van der Waals surface area contributed by atoms with E-state index in [0.29, 0.717) is 5.92 Å². The highest BCUT2D eigenvalue weighted by atomic mass is 16.3. The van der Waals surface area contributed by atoms with Crippen LogP contribution in [0.5, 0.6) is 0 Å². The summed E-state index contributed by atoms with van der Waals surface area (Å²) in [6, 6.07) is 9.25. The fourth-order valence-corrected chi connectivity index (χ4v) is 5.64. The van der Waals surface area contributed by atoms with Crippen LogP contribution in [0.25, 0.3) is 43.9 Å². The second-order valence-corrected chi connectivity index (χ2v) is 11.7. The molecule has 5 aromatic rings. The lowest BCUT2D eigenvalue weighted by Crippen LogP contribution is -2.27. The number of hydrogen-bond acceptors (Lipinski definition) is 1. The normalized spacial score (nSPS) is 12.9. The maximum atomic E-state index is 6.92. The number of rotatable bonds is 3. The summed E-state index contributed by atoms with van der Waals surface area (Å²) < 4.78 is 11.5. The molecule has 0 radical (unpaired) electrons. The minimum Gasteiger partial charge on any atom is -0.454 e. The van der Waals surface area contributed by atoms with Crippen molar-refractivity contribution in [3.8, 4) is 0 Å². The molecule has 0 aliphatic rings. The molecule has 0 bridgehead atoms. The molecule has 3 nitrogen and oxygen atoms in total. The Labute approximate surface area is 197 Å². The van der Waals surface area contributed by atoms with Crippen LogP contribution in [-0.4, -0.2) is 4.57 Å². The van der Waals surface area contributed by atoms with Crippen LogP contribution in [0, 0.1) is 25.2 Å². The monoisotopic (exact) mass is 441 g/mol. The zero-order valence-corrected chi connectivity index (χ0v) is 21.7. The number of pyridine rings is 1. The van der Waals surface area contributed by atoms with Gasteiger partial charge < -0.3 is 8.98 Å². The van der Waals surface area contributed by atoms with Crippen LogP contribution in [0.1, 0.15) is 56.9 Å². The molecule has 0 amide bonds. The molecule has 0 spiro atoms. The summed E-state index contributed by atoms with van der Waals surface area (Å²) in [5.41, 5.74) is 11.3. The van der Waals surface area contributed by atoms with Gasteiger partial charge in [0.15, 0.2) is 11.8 Å². The molecule has 0 fully saturated rings. The topological polar surface area (TPSA) is 21.9 Å². The lowest BCUT2D eigenvalue weighted by molar-refractivity contribution is -0.642. The predicted octanol–water partition coefficient (Wildman–Crippen LogP) is 7.46. The van der Waals surface area contributed by atoms with E-state index in [1.165, 1.54) is 55.0 Å². The molecule has 172 valence electrons. The first-order chi connectivity index (χ1) is 15.5. The van der Waals surface area contributed by atoms with Gasteiger partial charge in [0.05, 0.1) is 11.1 Å². The van der Waals surface area contributed by atoms with E-state index in [1.54, 1.807) is 0 Å². The molecule has 0 saturated carbocycles. The smallest absolute Gasteiger partial charge is 0.236 e. The van der Waals surface area contributed by atoms with Gasteiger partial charge in [-0.15, -0.1) is 0 Å². The molecule has 0 aliphatic carbocycles. The second kappa shape index (κ2) is 7.35. The first kappa shape index (κ1) is 22.0. The molecular weight excluding hydrogens is 404 g/mol. The van der Waals surface area contributed by atoms with Gasteiger partial charge in [0.1, 0.15) is 18.1 Å². The van der Waals surface area contributed by atoms with Gasteiger partial charge in [0.2, 0.25) is 5.52 Å². The summed E-state index contributed by atoms with van der Waals surface area (Å²) in [6.07, 6.45) is 4.19. The van der Waals surface area contributed by atoms with Crippen LogP contribution in [-0.2, 0) is 26.9 Å². The Morgan fingerprint density at radius 1 is 1.06 bits per heavy atom. The van der Waals surface area contributed by atoms with Crippen LogP contribution >= 0.6 is 0 Å². The Hall–Kier alpha value is -2.81. The number of hydrogen-bond donors (Lipinski definition) is 0. The fourth-order valence-electron chi connectivity index (χ4n) is 5.64. The zero-order valence-electron chi connectivity index (χ0n) is 21.7. The summed E-state index contributed by atoms with van der Waals surface area (Å²) in [5, 5.41) is 3.88. The van der Waals surface area contributed by atoms with E-state index in [2.05, 4.69) is 102 Å². The van der Waals surface area contributed by atoms with Crippen molar-refractivity contribution in [3.05, 3.63) is 52.7 Å². The van der Waals surface area contributed by atoms with Crippen molar-refractivity contribution in [1.29, 1.82) is 0 Å². The van der Waals surface area contributed by atoms with E-state index in [0.717, 1.165) is 24.0 Å². The van der Waals surface area contributed by atoms with Gasteiger partial charge in [-0.25, -0.2) is 0 Å². The van der Waals surface area contributed by atoms with Crippen LogP contribution in [0.2, 0.25) is 0 Å². The van der Waals surface area contributed by atoms with Crippen molar-refractivity contribution in [2.24, 2.45) is 25.4 Å². The number of nitrogens with zero attached hydrogens (tertiary/aromatic N) is 2. The average molecular weight is 442 g/mol. The van der Waals surface area contributed by atoms with E-state index in [1.807, 2.05) is 0 Å². The Balaban J connectivity index is 2.07. The highest BCUT2D eigenvalue weighted by Crippen LogP contribution is 2.41. The lowest BCUT2D eigenvalue weighted by Gasteiger charge is -2.22. The Morgan fingerprint density at radius 2 is 1.79 bits per heavy atom. The highest BCUT2D eigenvalue weighted by Gasteiger charge is 2.28. The molecule has 0 atom stereocenters. The highest BCUT2D eigenvalue weighted by molar-refractivity contribution is 6.20. The Kier molecular flexibility index (Phi) is 4.90. The number of aromatic nitrogens is 2. The summed E-state index contributed by atoms with van der Waals surface area (Å²) in [7, 11) is 4.34. The molecule has 5 rings (SSSR count). The molecule has 0 unspecified atom stereocenters. The molecule has 2 aromatic carbocycles. The Morgan fingerprint density at radius 3 is 2.45 bits per heavy atom. The quantitative estimate of drug-likeness (QED) is 0.162. The van der Waals surface area contributed by atoms with Crippen molar-refractivity contribution in [3.63, 3.8) is 0 Å². The molecule has 33 heavy (non-hydrogen) atoms. The van der Waals surface area contributed by atoms with Gasteiger partial charge in [0.25, 0.3) is 0 Å². The lowest BCUT2D eigenvalue weighted by atomic mass is 9.86. The van der Waals surface area contributed by atoms with Crippen molar-refractivity contribution in [1.82, 2.24) is 4.57 Å². The van der Waals surface area contributed by atoms with Crippen molar-refractivity contribution in [2.75, 3.05) is 0 Å².